The molecule has 1 aromatic heterocycles. The van der Waals surface area contributed by atoms with Crippen molar-refractivity contribution in [1.82, 2.24) is 4.57 Å². The van der Waals surface area contributed by atoms with Gasteiger partial charge in [0.1, 0.15) is 0 Å². The van der Waals surface area contributed by atoms with E-state index < -0.39 is 0 Å². The Labute approximate surface area is 87.7 Å². The fraction of sp³-hybridized carbons (Fsp3) is 0.0833. The predicted molar refractivity (Wildman–Crippen MR) is 58.3 cm³/mol. The summed E-state index contributed by atoms with van der Waals surface area (Å²) < 4.78 is 1.99. The molecule has 0 spiro atoms. The normalized spacial score (nSPS) is 9.67. The van der Waals surface area contributed by atoms with Gasteiger partial charge in [-0.2, -0.15) is 4.99 Å². The minimum atomic E-state index is 0.624. The summed E-state index contributed by atoms with van der Waals surface area (Å²) >= 11 is 0. The first kappa shape index (κ1) is 9.44. The topological polar surface area (TPSA) is 34.4 Å². The highest BCUT2D eigenvalue weighted by Gasteiger charge is 2.00. The summed E-state index contributed by atoms with van der Waals surface area (Å²) in [6, 6.07) is 9.50. The van der Waals surface area contributed by atoms with Crippen LogP contribution in [-0.2, 0) is 4.79 Å². The molecule has 3 heteroatoms. The molecule has 1 heterocycles. The smallest absolute Gasteiger partial charge is 0.240 e. The first-order chi connectivity index (χ1) is 7.31. The maximum atomic E-state index is 10.2. The number of isocyanates is 1. The van der Waals surface area contributed by atoms with E-state index >= 15 is 0 Å². The molecule has 0 fully saturated rings. The van der Waals surface area contributed by atoms with E-state index in [4.69, 9.17) is 0 Å². The number of hydrogen-bond acceptors (Lipinski definition) is 2. The largest absolute Gasteiger partial charge is 0.324 e. The predicted octanol–water partition coefficient (Wildman–Crippen LogP) is 2.75. The van der Waals surface area contributed by atoms with Crippen molar-refractivity contribution in [3.05, 3.63) is 48.3 Å². The Morgan fingerprint density at radius 2 is 2.00 bits per heavy atom. The number of carbonyl (C=O) groups excluding carboxylic acids is 1. The van der Waals surface area contributed by atoms with Gasteiger partial charge >= 0.3 is 0 Å². The molecule has 0 radical (unpaired) electrons. The molecule has 2 rings (SSSR count). The second kappa shape index (κ2) is 3.95. The van der Waals surface area contributed by atoms with Crippen molar-refractivity contribution < 1.29 is 4.79 Å². The molecule has 0 aliphatic carbocycles. The molecule has 2 aromatic rings. The molecule has 15 heavy (non-hydrogen) atoms. The van der Waals surface area contributed by atoms with Gasteiger partial charge in [0.2, 0.25) is 6.08 Å². The molecular formula is C12H10N2O. The molecule has 0 atom stereocenters. The third-order valence-corrected chi connectivity index (χ3v) is 2.25. The number of nitrogens with zero attached hydrogens (tertiary/aromatic N) is 2. The van der Waals surface area contributed by atoms with Crippen LogP contribution in [0, 0.1) is 6.92 Å². The second-order valence-electron chi connectivity index (χ2n) is 3.26. The van der Waals surface area contributed by atoms with Crippen molar-refractivity contribution >= 4 is 11.8 Å². The number of rotatable bonds is 2. The molecule has 0 unspecified atom stereocenters. The van der Waals surface area contributed by atoms with Gasteiger partial charge in [0.05, 0.1) is 5.69 Å². The molecule has 0 amide bonds. The fourth-order valence-electron chi connectivity index (χ4n) is 1.49. The summed E-state index contributed by atoms with van der Waals surface area (Å²) in [6.07, 6.45) is 5.45. The van der Waals surface area contributed by atoms with Crippen LogP contribution in [0.15, 0.2) is 47.7 Å². The van der Waals surface area contributed by atoms with Gasteiger partial charge in [-0.3, -0.25) is 0 Å². The van der Waals surface area contributed by atoms with E-state index in [9.17, 15) is 4.79 Å². The highest BCUT2D eigenvalue weighted by atomic mass is 16.1. The van der Waals surface area contributed by atoms with Gasteiger partial charge in [-0.25, -0.2) is 4.79 Å². The highest BCUT2D eigenvalue weighted by molar-refractivity contribution is 5.56. The van der Waals surface area contributed by atoms with E-state index in [1.165, 1.54) is 0 Å². The van der Waals surface area contributed by atoms with E-state index in [-0.39, 0.29) is 0 Å². The number of aliphatic imine (C=N–C) groups is 1. The lowest BCUT2D eigenvalue weighted by Crippen LogP contribution is -1.92. The summed E-state index contributed by atoms with van der Waals surface area (Å²) in [6.45, 7) is 2.02. The minimum Gasteiger partial charge on any atom is -0.324 e. The average Bonchev–Trinajstić information content (AvgIpc) is 2.74. The molecule has 0 aliphatic heterocycles. The van der Waals surface area contributed by atoms with Crippen molar-refractivity contribution in [3.63, 3.8) is 0 Å². The lowest BCUT2D eigenvalue weighted by atomic mass is 10.2. The van der Waals surface area contributed by atoms with Crippen LogP contribution in [0.1, 0.15) is 5.56 Å². The second-order valence-corrected chi connectivity index (χ2v) is 3.26. The first-order valence-electron chi connectivity index (χ1n) is 4.63. The number of benzene rings is 1. The molecule has 0 saturated heterocycles. The standard InChI is InChI=1S/C12H10N2O/c1-10-4-5-11(13-9-15)8-12(10)14-6-2-3-7-14/h2-8H,1H3. The maximum absolute atomic E-state index is 10.2. The monoisotopic (exact) mass is 198 g/mol. The van der Waals surface area contributed by atoms with Gasteiger partial charge in [-0.15, -0.1) is 0 Å². The van der Waals surface area contributed by atoms with Crippen molar-refractivity contribution in [2.45, 2.75) is 6.92 Å². The Kier molecular flexibility index (Phi) is 2.48. The zero-order valence-electron chi connectivity index (χ0n) is 8.34. The van der Waals surface area contributed by atoms with Crippen LogP contribution in [0.3, 0.4) is 0 Å². The zero-order valence-corrected chi connectivity index (χ0v) is 8.34. The first-order valence-corrected chi connectivity index (χ1v) is 4.63. The lowest BCUT2D eigenvalue weighted by molar-refractivity contribution is 0.565. The van der Waals surface area contributed by atoms with Crippen LogP contribution in [-0.4, -0.2) is 10.6 Å². The molecule has 0 bridgehead atoms. The zero-order chi connectivity index (χ0) is 10.7. The van der Waals surface area contributed by atoms with Gasteiger partial charge in [0.15, 0.2) is 0 Å². The molecule has 0 saturated carbocycles. The Bertz CT molecular complexity index is 508. The van der Waals surface area contributed by atoms with Crippen molar-refractivity contribution in [2.75, 3.05) is 0 Å². The highest BCUT2D eigenvalue weighted by Crippen LogP contribution is 2.20. The van der Waals surface area contributed by atoms with Crippen LogP contribution < -0.4 is 0 Å². The number of aromatic nitrogens is 1. The summed E-state index contributed by atoms with van der Waals surface area (Å²) in [5.74, 6) is 0. The van der Waals surface area contributed by atoms with Gasteiger partial charge < -0.3 is 4.57 Å². The van der Waals surface area contributed by atoms with E-state index in [1.54, 1.807) is 12.1 Å². The van der Waals surface area contributed by atoms with E-state index in [0.717, 1.165) is 11.3 Å². The summed E-state index contributed by atoms with van der Waals surface area (Å²) in [4.78, 5) is 13.8. The SMILES string of the molecule is Cc1ccc(N=C=O)cc1-n1cccc1. The minimum absolute atomic E-state index is 0.624. The van der Waals surface area contributed by atoms with Crippen molar-refractivity contribution in [3.8, 4) is 5.69 Å². The summed E-state index contributed by atoms with van der Waals surface area (Å²) in [5.41, 5.74) is 2.78. The van der Waals surface area contributed by atoms with Gasteiger partial charge in [0, 0.05) is 18.1 Å². The molecule has 3 nitrogen and oxygen atoms in total. The fourth-order valence-corrected chi connectivity index (χ4v) is 1.49. The Morgan fingerprint density at radius 1 is 1.27 bits per heavy atom. The number of aryl methyl sites for hydroxylation is 1. The van der Waals surface area contributed by atoms with Gasteiger partial charge in [-0.1, -0.05) is 6.07 Å². The Hall–Kier alpha value is -2.12. The third-order valence-electron chi connectivity index (χ3n) is 2.25. The van der Waals surface area contributed by atoms with E-state index in [2.05, 4.69) is 4.99 Å². The van der Waals surface area contributed by atoms with E-state index in [0.29, 0.717) is 5.69 Å². The van der Waals surface area contributed by atoms with Crippen LogP contribution in [0.25, 0.3) is 5.69 Å². The third kappa shape index (κ3) is 1.87. The van der Waals surface area contributed by atoms with Crippen molar-refractivity contribution in [2.24, 2.45) is 4.99 Å². The quantitative estimate of drug-likeness (QED) is 0.539. The molecule has 1 aromatic carbocycles. The Morgan fingerprint density at radius 3 is 2.67 bits per heavy atom. The lowest BCUT2D eigenvalue weighted by Gasteiger charge is -2.07. The molecular weight excluding hydrogens is 188 g/mol. The van der Waals surface area contributed by atoms with Crippen LogP contribution in [0.2, 0.25) is 0 Å². The molecule has 0 N–H and O–H groups in total. The van der Waals surface area contributed by atoms with Crippen molar-refractivity contribution in [1.29, 1.82) is 0 Å². The Balaban J connectivity index is 2.55. The summed E-state index contributed by atoms with van der Waals surface area (Å²) in [7, 11) is 0. The molecule has 0 aliphatic rings. The molecule has 74 valence electrons. The van der Waals surface area contributed by atoms with Crippen LogP contribution in [0.4, 0.5) is 5.69 Å². The van der Waals surface area contributed by atoms with Crippen LogP contribution >= 0.6 is 0 Å². The summed E-state index contributed by atoms with van der Waals surface area (Å²) in [5, 5.41) is 0. The number of hydrogen-bond donors (Lipinski definition) is 0. The van der Waals surface area contributed by atoms with Crippen LogP contribution in [0.5, 0.6) is 0 Å². The van der Waals surface area contributed by atoms with Gasteiger partial charge in [-0.05, 0) is 36.8 Å². The maximum Gasteiger partial charge on any atom is 0.240 e. The van der Waals surface area contributed by atoms with Gasteiger partial charge in [0.25, 0.3) is 0 Å². The van der Waals surface area contributed by atoms with E-state index in [1.807, 2.05) is 48.1 Å². The average molecular weight is 198 g/mol.